The molecule has 1 aliphatic rings. The molecule has 1 aromatic heterocycles. The van der Waals surface area contributed by atoms with Gasteiger partial charge in [-0.1, -0.05) is 24.3 Å². The minimum Gasteiger partial charge on any atom is -0.497 e. The zero-order chi connectivity index (χ0) is 29.5. The van der Waals surface area contributed by atoms with E-state index in [9.17, 15) is 10.1 Å². The molecule has 216 valence electrons. The second kappa shape index (κ2) is 13.2. The number of aromatic nitrogens is 2. The second-order valence-electron chi connectivity index (χ2n) is 10.3. The molecule has 0 spiro atoms. The largest absolute Gasteiger partial charge is 0.497 e. The summed E-state index contributed by atoms with van der Waals surface area (Å²) in [6.45, 7) is 3.87. The van der Waals surface area contributed by atoms with Gasteiger partial charge < -0.3 is 23.8 Å². The van der Waals surface area contributed by atoms with Crippen LogP contribution in [0.1, 0.15) is 42.0 Å². The monoisotopic (exact) mass is 566 g/mol. The molecule has 9 heteroatoms. The van der Waals surface area contributed by atoms with Gasteiger partial charge in [0.1, 0.15) is 29.8 Å². The molecular weight excluding hydrogens is 532 g/mol. The standard InChI is InChI=1S/C33H34N4O5/c1-22(38)41-20-24-12-14-37(15-13-24)32-19-35-29-10-7-26(28(18-34)33(29)36-32)16-25-6-11-30(31(17-25)40-3)42-21-23-4-8-27(39-2)9-5-23/h4-11,17,19,24H,12-16,20-21H2,1-3H3. The van der Waals surface area contributed by atoms with Gasteiger partial charge in [-0.15, -0.1) is 0 Å². The van der Waals surface area contributed by atoms with Gasteiger partial charge in [-0.2, -0.15) is 5.26 Å². The summed E-state index contributed by atoms with van der Waals surface area (Å²) in [7, 11) is 3.26. The number of carbonyl (C=O) groups is 1. The van der Waals surface area contributed by atoms with E-state index in [0.29, 0.717) is 53.6 Å². The maximum Gasteiger partial charge on any atom is 0.302 e. The van der Waals surface area contributed by atoms with Crippen molar-refractivity contribution in [3.8, 4) is 23.3 Å². The van der Waals surface area contributed by atoms with Gasteiger partial charge in [0.2, 0.25) is 0 Å². The highest BCUT2D eigenvalue weighted by atomic mass is 16.5. The van der Waals surface area contributed by atoms with Gasteiger partial charge in [-0.3, -0.25) is 9.78 Å². The lowest BCUT2D eigenvalue weighted by molar-refractivity contribution is -0.142. The van der Waals surface area contributed by atoms with Crippen LogP contribution < -0.4 is 19.1 Å². The second-order valence-corrected chi connectivity index (χ2v) is 10.3. The summed E-state index contributed by atoms with van der Waals surface area (Å²) in [4.78, 5) is 22.8. The van der Waals surface area contributed by atoms with Gasteiger partial charge in [0.05, 0.1) is 38.1 Å². The number of nitrogens with zero attached hydrogens (tertiary/aromatic N) is 4. The Balaban J connectivity index is 1.31. The molecule has 0 amide bonds. The fraction of sp³-hybridized carbons (Fsp3) is 0.333. The first kappa shape index (κ1) is 28.7. The molecule has 1 saturated heterocycles. The minimum atomic E-state index is -0.245. The normalized spacial score (nSPS) is 13.4. The SMILES string of the molecule is COc1ccc(COc2ccc(Cc3ccc4ncc(N5CCC(COC(C)=O)CC5)nc4c3C#N)cc2OC)cc1. The molecule has 3 aromatic carbocycles. The van der Waals surface area contributed by atoms with Crippen molar-refractivity contribution in [2.24, 2.45) is 5.92 Å². The number of methoxy groups -OCH3 is 2. The first-order valence-corrected chi connectivity index (χ1v) is 14.0. The number of esters is 1. The first-order valence-electron chi connectivity index (χ1n) is 14.0. The minimum absolute atomic E-state index is 0.245. The number of carbonyl (C=O) groups excluding carboxylic acids is 1. The lowest BCUT2D eigenvalue weighted by Crippen LogP contribution is -2.35. The molecule has 0 atom stereocenters. The smallest absolute Gasteiger partial charge is 0.302 e. The molecule has 0 aliphatic carbocycles. The summed E-state index contributed by atoms with van der Waals surface area (Å²) < 4.78 is 22.1. The van der Waals surface area contributed by atoms with Crippen molar-refractivity contribution in [1.82, 2.24) is 9.97 Å². The zero-order valence-corrected chi connectivity index (χ0v) is 24.1. The molecule has 9 nitrogen and oxygen atoms in total. The van der Waals surface area contributed by atoms with Gasteiger partial charge in [0.25, 0.3) is 0 Å². The number of nitriles is 1. The quantitative estimate of drug-likeness (QED) is 0.231. The number of benzene rings is 3. The lowest BCUT2D eigenvalue weighted by Gasteiger charge is -2.32. The highest BCUT2D eigenvalue weighted by Crippen LogP contribution is 2.31. The van der Waals surface area contributed by atoms with Crippen LogP contribution in [0.4, 0.5) is 5.82 Å². The van der Waals surface area contributed by atoms with E-state index in [-0.39, 0.29) is 5.97 Å². The predicted molar refractivity (Wildman–Crippen MR) is 159 cm³/mol. The topological polar surface area (TPSA) is 107 Å². The molecular formula is C33H34N4O5. The third-order valence-corrected chi connectivity index (χ3v) is 7.54. The van der Waals surface area contributed by atoms with Crippen molar-refractivity contribution < 1.29 is 23.7 Å². The number of piperidine rings is 1. The number of hydrogen-bond acceptors (Lipinski definition) is 9. The van der Waals surface area contributed by atoms with Crippen LogP contribution in [-0.2, 0) is 22.6 Å². The van der Waals surface area contributed by atoms with Crippen molar-refractivity contribution in [2.75, 3.05) is 38.8 Å². The van der Waals surface area contributed by atoms with Gasteiger partial charge >= 0.3 is 5.97 Å². The molecule has 4 aromatic rings. The Labute approximate surface area is 245 Å². The molecule has 0 unspecified atom stereocenters. The van der Waals surface area contributed by atoms with Crippen LogP contribution in [0.2, 0.25) is 0 Å². The van der Waals surface area contributed by atoms with Gasteiger partial charge in [-0.25, -0.2) is 4.98 Å². The van der Waals surface area contributed by atoms with E-state index in [1.165, 1.54) is 6.92 Å². The number of anilines is 1. The molecule has 1 fully saturated rings. The van der Waals surface area contributed by atoms with Crippen LogP contribution >= 0.6 is 0 Å². The third-order valence-electron chi connectivity index (χ3n) is 7.54. The molecule has 1 aliphatic heterocycles. The molecule has 0 bridgehead atoms. The van der Waals surface area contributed by atoms with Gasteiger partial charge in [-0.05, 0) is 72.2 Å². The van der Waals surface area contributed by atoms with E-state index in [1.54, 1.807) is 20.4 Å². The highest BCUT2D eigenvalue weighted by Gasteiger charge is 2.22. The Hall–Kier alpha value is -4.84. The molecule has 0 N–H and O–H groups in total. The number of rotatable bonds is 10. The van der Waals surface area contributed by atoms with Gasteiger partial charge in [0.15, 0.2) is 11.5 Å². The molecule has 0 saturated carbocycles. The Morgan fingerprint density at radius 2 is 1.76 bits per heavy atom. The van der Waals surface area contributed by atoms with E-state index in [0.717, 1.165) is 54.2 Å². The van der Waals surface area contributed by atoms with E-state index >= 15 is 0 Å². The summed E-state index contributed by atoms with van der Waals surface area (Å²) in [6, 6.07) is 19.8. The predicted octanol–water partition coefficient (Wildman–Crippen LogP) is 5.47. The zero-order valence-electron chi connectivity index (χ0n) is 24.1. The van der Waals surface area contributed by atoms with Gasteiger partial charge in [0, 0.05) is 20.0 Å². The Bertz CT molecular complexity index is 1590. The van der Waals surface area contributed by atoms with Crippen molar-refractivity contribution in [3.63, 3.8) is 0 Å². The average molecular weight is 567 g/mol. The summed E-state index contributed by atoms with van der Waals surface area (Å²) in [6.07, 6.45) is 4.10. The van der Waals surface area contributed by atoms with Crippen LogP contribution in [0.3, 0.4) is 0 Å². The first-order chi connectivity index (χ1) is 20.5. The number of ether oxygens (including phenoxy) is 4. The number of hydrogen-bond donors (Lipinski definition) is 0. The van der Waals surface area contributed by atoms with E-state index in [1.807, 2.05) is 54.6 Å². The summed E-state index contributed by atoms with van der Waals surface area (Å²) >= 11 is 0. The van der Waals surface area contributed by atoms with Crippen molar-refractivity contribution in [1.29, 1.82) is 5.26 Å². The van der Waals surface area contributed by atoms with Crippen molar-refractivity contribution >= 4 is 22.8 Å². The van der Waals surface area contributed by atoms with E-state index in [4.69, 9.17) is 23.9 Å². The van der Waals surface area contributed by atoms with Crippen molar-refractivity contribution in [2.45, 2.75) is 32.8 Å². The molecule has 42 heavy (non-hydrogen) atoms. The molecule has 2 heterocycles. The van der Waals surface area contributed by atoms with Crippen LogP contribution in [0.5, 0.6) is 17.2 Å². The Morgan fingerprint density at radius 1 is 1.00 bits per heavy atom. The van der Waals surface area contributed by atoms with Crippen LogP contribution in [0.15, 0.2) is 60.8 Å². The summed E-state index contributed by atoms with van der Waals surface area (Å²) in [5.41, 5.74) is 4.67. The van der Waals surface area contributed by atoms with E-state index in [2.05, 4.69) is 16.0 Å². The maximum atomic E-state index is 11.1. The van der Waals surface area contributed by atoms with Crippen LogP contribution in [-0.4, -0.2) is 49.9 Å². The summed E-state index contributed by atoms with van der Waals surface area (Å²) in [5, 5.41) is 10.2. The lowest BCUT2D eigenvalue weighted by atomic mass is 9.97. The van der Waals surface area contributed by atoms with Crippen LogP contribution in [0, 0.1) is 17.2 Å². The van der Waals surface area contributed by atoms with Crippen LogP contribution in [0.25, 0.3) is 11.0 Å². The highest BCUT2D eigenvalue weighted by molar-refractivity contribution is 5.83. The van der Waals surface area contributed by atoms with Crippen molar-refractivity contribution in [3.05, 3.63) is 83.0 Å². The summed E-state index contributed by atoms with van der Waals surface area (Å²) in [5.74, 6) is 2.91. The van der Waals surface area contributed by atoms with E-state index < -0.39 is 0 Å². The fourth-order valence-electron chi connectivity index (χ4n) is 5.14. The Morgan fingerprint density at radius 3 is 2.45 bits per heavy atom. The fourth-order valence-corrected chi connectivity index (χ4v) is 5.14. The number of fused-ring (bicyclic) bond motifs is 1. The molecule has 0 radical (unpaired) electrons. The average Bonchev–Trinajstić information content (AvgIpc) is 3.03. The maximum absolute atomic E-state index is 11.1. The Kier molecular flexibility index (Phi) is 9.02. The third kappa shape index (κ3) is 6.72. The molecule has 5 rings (SSSR count).